The minimum Gasteiger partial charge on any atom is -0.464 e. The number of rotatable bonds is 9. The van der Waals surface area contributed by atoms with E-state index < -0.39 is 0 Å². The van der Waals surface area contributed by atoms with Crippen LogP contribution in [0, 0.1) is 12.7 Å². The van der Waals surface area contributed by atoms with Gasteiger partial charge in [0.25, 0.3) is 0 Å². The maximum absolute atomic E-state index is 13.4. The van der Waals surface area contributed by atoms with E-state index in [-0.39, 0.29) is 43.4 Å². The third-order valence-electron chi connectivity index (χ3n) is 5.61. The smallest absolute Gasteiger partial charge is 0.322 e. The zero-order valence-corrected chi connectivity index (χ0v) is 20.2. The zero-order valence-electron chi connectivity index (χ0n) is 20.2. The molecule has 3 aromatic rings. The first kappa shape index (κ1) is 25.0. The van der Waals surface area contributed by atoms with Crippen LogP contribution in [0.1, 0.15) is 43.4 Å². The maximum Gasteiger partial charge on any atom is 0.322 e. The number of aryl methyl sites for hydroxylation is 2. The summed E-state index contributed by atoms with van der Waals surface area (Å²) in [6.45, 7) is 8.03. The van der Waals surface area contributed by atoms with Crippen LogP contribution in [-0.4, -0.2) is 34.3 Å². The largest absolute Gasteiger partial charge is 0.464 e. The Hall–Kier alpha value is -3.61. The molecule has 0 bridgehead atoms. The number of amides is 3. The molecule has 1 N–H and O–H groups in total. The topological polar surface area (TPSA) is 65.8 Å². The first-order valence-corrected chi connectivity index (χ1v) is 11.5. The highest BCUT2D eigenvalue weighted by Crippen LogP contribution is 2.18. The third kappa shape index (κ3) is 6.70. The summed E-state index contributed by atoms with van der Waals surface area (Å²) in [6.07, 6.45) is 0.783. The van der Waals surface area contributed by atoms with Gasteiger partial charge in [-0.15, -0.1) is 0 Å². The van der Waals surface area contributed by atoms with Crippen LogP contribution in [0.15, 0.2) is 65.1 Å². The molecule has 0 atom stereocenters. The first-order valence-electron chi connectivity index (χ1n) is 11.5. The Labute approximate surface area is 200 Å². The van der Waals surface area contributed by atoms with Crippen LogP contribution < -0.4 is 5.32 Å². The van der Waals surface area contributed by atoms with Crippen LogP contribution in [0.5, 0.6) is 0 Å². The maximum atomic E-state index is 13.4. The lowest BCUT2D eigenvalue weighted by Gasteiger charge is -2.30. The number of urea groups is 1. The number of nitrogens with one attached hydrogen (secondary N) is 1. The van der Waals surface area contributed by atoms with Gasteiger partial charge in [0.2, 0.25) is 5.91 Å². The molecular weight excluding hydrogens is 433 g/mol. The number of furan rings is 1. The van der Waals surface area contributed by atoms with Gasteiger partial charge in [-0.05, 0) is 68.7 Å². The summed E-state index contributed by atoms with van der Waals surface area (Å²) in [4.78, 5) is 29.7. The predicted octanol–water partition coefficient (Wildman–Crippen LogP) is 5.76. The fourth-order valence-electron chi connectivity index (χ4n) is 3.67. The van der Waals surface area contributed by atoms with Gasteiger partial charge in [-0.3, -0.25) is 4.79 Å². The fourth-order valence-corrected chi connectivity index (χ4v) is 3.67. The molecule has 6 nitrogen and oxygen atoms in total. The highest BCUT2D eigenvalue weighted by atomic mass is 19.1. The van der Waals surface area contributed by atoms with Gasteiger partial charge in [-0.25, -0.2) is 9.18 Å². The zero-order chi connectivity index (χ0) is 24.7. The molecule has 0 aliphatic rings. The average molecular weight is 466 g/mol. The van der Waals surface area contributed by atoms with Crippen LogP contribution in [0.25, 0.3) is 0 Å². The highest BCUT2D eigenvalue weighted by Gasteiger charge is 2.25. The molecule has 3 amide bonds. The summed E-state index contributed by atoms with van der Waals surface area (Å²) in [6, 6.07) is 16.8. The molecule has 3 rings (SSSR count). The summed E-state index contributed by atoms with van der Waals surface area (Å²) >= 11 is 0. The van der Waals surface area contributed by atoms with Crippen molar-refractivity contribution in [1.82, 2.24) is 9.80 Å². The minimum atomic E-state index is -0.335. The van der Waals surface area contributed by atoms with Crippen molar-refractivity contribution in [2.24, 2.45) is 0 Å². The SMILES string of the molecule is CCc1ccccc1NC(=O)N(CC(=O)N(Cc1ccc(F)cc1)Cc1ccc(C)o1)C(C)C. The van der Waals surface area contributed by atoms with E-state index >= 15 is 0 Å². The molecule has 0 saturated heterocycles. The molecule has 0 unspecified atom stereocenters. The molecule has 1 aromatic heterocycles. The van der Waals surface area contributed by atoms with Crippen LogP contribution in [0.4, 0.5) is 14.9 Å². The Kier molecular flexibility index (Phi) is 8.46. The molecule has 2 aromatic carbocycles. The van der Waals surface area contributed by atoms with E-state index in [1.807, 2.05) is 64.1 Å². The molecule has 0 aliphatic heterocycles. The molecular formula is C27H32FN3O3. The lowest BCUT2D eigenvalue weighted by atomic mass is 10.1. The highest BCUT2D eigenvalue weighted by molar-refractivity contribution is 5.93. The Bertz CT molecular complexity index is 1110. The molecule has 0 spiro atoms. The van der Waals surface area contributed by atoms with Crippen LogP contribution in [0.3, 0.4) is 0 Å². The Morgan fingerprint density at radius 3 is 2.32 bits per heavy atom. The Morgan fingerprint density at radius 2 is 1.71 bits per heavy atom. The summed E-state index contributed by atoms with van der Waals surface area (Å²) in [7, 11) is 0. The molecule has 34 heavy (non-hydrogen) atoms. The van der Waals surface area contributed by atoms with Crippen molar-refractivity contribution in [3.8, 4) is 0 Å². The number of nitrogens with zero attached hydrogens (tertiary/aromatic N) is 2. The van der Waals surface area contributed by atoms with E-state index in [1.165, 1.54) is 17.0 Å². The normalized spacial score (nSPS) is 10.9. The van der Waals surface area contributed by atoms with Gasteiger partial charge in [0.1, 0.15) is 23.9 Å². The van der Waals surface area contributed by atoms with Gasteiger partial charge in [-0.1, -0.05) is 37.3 Å². The molecule has 0 aliphatic carbocycles. The van der Waals surface area contributed by atoms with Gasteiger partial charge in [0.15, 0.2) is 0 Å². The molecule has 7 heteroatoms. The Morgan fingerprint density at radius 1 is 1.00 bits per heavy atom. The van der Waals surface area contributed by atoms with Crippen LogP contribution >= 0.6 is 0 Å². The fraction of sp³-hybridized carbons (Fsp3) is 0.333. The van der Waals surface area contributed by atoms with Gasteiger partial charge < -0.3 is 19.5 Å². The van der Waals surface area contributed by atoms with E-state index in [1.54, 1.807) is 17.0 Å². The van der Waals surface area contributed by atoms with E-state index in [0.29, 0.717) is 5.76 Å². The average Bonchev–Trinajstić information content (AvgIpc) is 3.22. The van der Waals surface area contributed by atoms with Crippen molar-refractivity contribution in [1.29, 1.82) is 0 Å². The van der Waals surface area contributed by atoms with Crippen molar-refractivity contribution in [3.05, 3.63) is 89.1 Å². The van der Waals surface area contributed by atoms with Crippen LogP contribution in [0.2, 0.25) is 0 Å². The molecule has 1 heterocycles. The number of benzene rings is 2. The molecule has 0 fully saturated rings. The lowest BCUT2D eigenvalue weighted by Crippen LogP contribution is -2.47. The molecule has 0 saturated carbocycles. The number of carbonyl (C=O) groups is 2. The number of halogens is 1. The van der Waals surface area contributed by atoms with Gasteiger partial charge in [0, 0.05) is 18.3 Å². The summed E-state index contributed by atoms with van der Waals surface area (Å²) in [5.74, 6) is 0.830. The third-order valence-corrected chi connectivity index (χ3v) is 5.61. The molecule has 180 valence electrons. The standard InChI is InChI=1S/C27H32FN3O3/c1-5-22-8-6-7-9-25(22)29-27(33)31(19(2)3)18-26(32)30(17-24-15-10-20(4)34-24)16-21-11-13-23(28)14-12-21/h6-15,19H,5,16-18H2,1-4H3,(H,29,33). The lowest BCUT2D eigenvalue weighted by molar-refractivity contribution is -0.133. The summed E-state index contributed by atoms with van der Waals surface area (Å²) in [5.41, 5.74) is 2.55. The monoisotopic (exact) mass is 465 g/mol. The van der Waals surface area contributed by atoms with Crippen molar-refractivity contribution in [3.63, 3.8) is 0 Å². The number of hydrogen-bond donors (Lipinski definition) is 1. The van der Waals surface area contributed by atoms with Crippen molar-refractivity contribution < 1.29 is 18.4 Å². The Balaban J connectivity index is 1.78. The van der Waals surface area contributed by atoms with Crippen molar-refractivity contribution in [2.45, 2.75) is 53.2 Å². The number of para-hydroxylation sites is 1. The number of anilines is 1. The van der Waals surface area contributed by atoms with Gasteiger partial charge >= 0.3 is 6.03 Å². The minimum absolute atomic E-state index is 0.0985. The number of hydrogen-bond acceptors (Lipinski definition) is 3. The molecule has 0 radical (unpaired) electrons. The number of carbonyl (C=O) groups excluding carboxylic acids is 2. The van der Waals surface area contributed by atoms with E-state index in [9.17, 15) is 14.0 Å². The second-order valence-electron chi connectivity index (χ2n) is 8.55. The second kappa shape index (κ2) is 11.5. The first-order chi connectivity index (χ1) is 16.3. The predicted molar refractivity (Wildman–Crippen MR) is 131 cm³/mol. The van der Waals surface area contributed by atoms with Crippen molar-refractivity contribution in [2.75, 3.05) is 11.9 Å². The van der Waals surface area contributed by atoms with Gasteiger partial charge in [-0.2, -0.15) is 0 Å². The van der Waals surface area contributed by atoms with Gasteiger partial charge in [0.05, 0.1) is 6.54 Å². The van der Waals surface area contributed by atoms with E-state index in [2.05, 4.69) is 5.32 Å². The van der Waals surface area contributed by atoms with E-state index in [4.69, 9.17) is 4.42 Å². The second-order valence-corrected chi connectivity index (χ2v) is 8.55. The summed E-state index contributed by atoms with van der Waals surface area (Å²) in [5, 5.41) is 2.95. The van der Waals surface area contributed by atoms with Crippen LogP contribution in [-0.2, 0) is 24.3 Å². The van der Waals surface area contributed by atoms with Crippen molar-refractivity contribution >= 4 is 17.6 Å². The quantitative estimate of drug-likeness (QED) is 0.437. The summed E-state index contributed by atoms with van der Waals surface area (Å²) < 4.78 is 19.0. The van der Waals surface area contributed by atoms with E-state index in [0.717, 1.165) is 29.0 Å².